The first-order chi connectivity index (χ1) is 5.31. The van der Waals surface area contributed by atoms with E-state index in [0.29, 0.717) is 0 Å². The molecule has 1 N–H and O–H groups in total. The molecule has 11 heavy (non-hydrogen) atoms. The smallest absolute Gasteiger partial charge is 0.182 e. The van der Waals surface area contributed by atoms with E-state index < -0.39 is 0 Å². The Morgan fingerprint density at radius 1 is 1.55 bits per heavy atom. The number of anilines is 1. The second-order valence-electron chi connectivity index (χ2n) is 2.98. The van der Waals surface area contributed by atoms with Gasteiger partial charge in [-0.15, -0.1) is 11.3 Å². The van der Waals surface area contributed by atoms with Gasteiger partial charge in [0.05, 0.1) is 5.69 Å². The van der Waals surface area contributed by atoms with E-state index in [1.165, 1.54) is 23.4 Å². The van der Waals surface area contributed by atoms with E-state index in [-0.39, 0.29) is 0 Å². The van der Waals surface area contributed by atoms with Crippen LogP contribution in [0.3, 0.4) is 0 Å². The maximum atomic E-state index is 4.50. The van der Waals surface area contributed by atoms with E-state index in [4.69, 9.17) is 0 Å². The summed E-state index contributed by atoms with van der Waals surface area (Å²) < 4.78 is 0. The molecule has 1 heterocycles. The van der Waals surface area contributed by atoms with Crippen LogP contribution in [-0.4, -0.2) is 12.0 Å². The Morgan fingerprint density at radius 2 is 2.27 bits per heavy atom. The first-order valence-corrected chi connectivity index (χ1v) is 4.78. The molecule has 2 rings (SSSR count). The van der Waals surface area contributed by atoms with Crippen LogP contribution in [-0.2, 0) is 0 Å². The van der Waals surface area contributed by atoms with Crippen LogP contribution in [0.2, 0.25) is 0 Å². The lowest BCUT2D eigenvalue weighted by Crippen LogP contribution is -1.87. The fourth-order valence-corrected chi connectivity index (χ4v) is 2.10. The van der Waals surface area contributed by atoms with Crippen molar-refractivity contribution in [3.63, 3.8) is 0 Å². The molecule has 2 nitrogen and oxygen atoms in total. The van der Waals surface area contributed by atoms with E-state index in [1.54, 1.807) is 11.3 Å². The Labute approximate surface area is 70.7 Å². The summed E-state index contributed by atoms with van der Waals surface area (Å²) in [6.45, 7) is 2.16. The van der Waals surface area contributed by atoms with Crippen molar-refractivity contribution in [3.8, 4) is 0 Å². The molecular formula is C8H12N2S. The summed E-state index contributed by atoms with van der Waals surface area (Å²) in [6, 6.07) is 0. The zero-order valence-electron chi connectivity index (χ0n) is 6.85. The summed E-state index contributed by atoms with van der Waals surface area (Å²) in [4.78, 5) is 5.88. The monoisotopic (exact) mass is 168 g/mol. The molecule has 0 bridgehead atoms. The third-order valence-corrected chi connectivity index (χ3v) is 3.01. The Morgan fingerprint density at radius 3 is 2.73 bits per heavy atom. The number of rotatable bonds is 2. The number of aromatic nitrogens is 1. The van der Waals surface area contributed by atoms with E-state index in [0.717, 1.165) is 11.0 Å². The molecule has 0 amide bonds. The second-order valence-corrected chi connectivity index (χ2v) is 4.19. The van der Waals surface area contributed by atoms with Gasteiger partial charge in [0.1, 0.15) is 0 Å². The summed E-state index contributed by atoms with van der Waals surface area (Å²) in [6.07, 6.45) is 2.68. The normalized spacial score (nSPS) is 16.9. The van der Waals surface area contributed by atoms with Crippen LogP contribution in [0.25, 0.3) is 0 Å². The van der Waals surface area contributed by atoms with Crippen molar-refractivity contribution in [2.24, 2.45) is 0 Å². The molecule has 1 aliphatic rings. The highest BCUT2D eigenvalue weighted by Gasteiger charge is 2.27. The lowest BCUT2D eigenvalue weighted by Gasteiger charge is -1.89. The molecule has 1 aromatic heterocycles. The van der Waals surface area contributed by atoms with Crippen molar-refractivity contribution in [2.45, 2.75) is 25.7 Å². The standard InChI is InChI=1S/C8H12N2S/c1-5-7(6-3-4-6)10-8(9-2)11-5/h6H,3-4H2,1-2H3,(H,9,10). The number of hydrogen-bond acceptors (Lipinski definition) is 3. The molecule has 3 heteroatoms. The molecule has 0 unspecified atom stereocenters. The van der Waals surface area contributed by atoms with Crippen LogP contribution in [0.5, 0.6) is 0 Å². The summed E-state index contributed by atoms with van der Waals surface area (Å²) in [7, 11) is 1.93. The van der Waals surface area contributed by atoms with Crippen LogP contribution in [0.15, 0.2) is 0 Å². The van der Waals surface area contributed by atoms with Gasteiger partial charge in [-0.25, -0.2) is 4.98 Å². The average molecular weight is 168 g/mol. The van der Waals surface area contributed by atoms with Gasteiger partial charge in [-0.3, -0.25) is 0 Å². The number of thiazole rings is 1. The van der Waals surface area contributed by atoms with Gasteiger partial charge in [0.2, 0.25) is 0 Å². The Hall–Kier alpha value is -0.570. The fraction of sp³-hybridized carbons (Fsp3) is 0.625. The molecular weight excluding hydrogens is 156 g/mol. The highest BCUT2D eigenvalue weighted by atomic mass is 32.1. The number of hydrogen-bond donors (Lipinski definition) is 1. The maximum Gasteiger partial charge on any atom is 0.182 e. The second kappa shape index (κ2) is 2.48. The van der Waals surface area contributed by atoms with Gasteiger partial charge < -0.3 is 5.32 Å². The van der Waals surface area contributed by atoms with Crippen LogP contribution < -0.4 is 5.32 Å². The molecule has 1 saturated carbocycles. The van der Waals surface area contributed by atoms with Gasteiger partial charge in [0, 0.05) is 17.8 Å². The zero-order valence-corrected chi connectivity index (χ0v) is 7.66. The topological polar surface area (TPSA) is 24.9 Å². The van der Waals surface area contributed by atoms with Crippen LogP contribution in [0, 0.1) is 6.92 Å². The summed E-state index contributed by atoms with van der Waals surface area (Å²) >= 11 is 1.76. The first kappa shape index (κ1) is 7.10. The van der Waals surface area contributed by atoms with Gasteiger partial charge in [-0.05, 0) is 19.8 Å². The lowest BCUT2D eigenvalue weighted by atomic mass is 10.3. The van der Waals surface area contributed by atoms with E-state index in [1.807, 2.05) is 7.05 Å². The Kier molecular flexibility index (Phi) is 1.60. The molecule has 0 atom stereocenters. The summed E-state index contributed by atoms with van der Waals surface area (Å²) in [5.41, 5.74) is 1.33. The third-order valence-electron chi connectivity index (χ3n) is 2.01. The molecule has 1 fully saturated rings. The summed E-state index contributed by atoms with van der Waals surface area (Å²) in [5, 5.41) is 4.14. The zero-order chi connectivity index (χ0) is 7.84. The average Bonchev–Trinajstić information content (AvgIpc) is 2.76. The van der Waals surface area contributed by atoms with E-state index >= 15 is 0 Å². The van der Waals surface area contributed by atoms with Crippen molar-refractivity contribution >= 4 is 16.5 Å². The van der Waals surface area contributed by atoms with Crippen molar-refractivity contribution in [3.05, 3.63) is 10.6 Å². The number of aryl methyl sites for hydroxylation is 1. The molecule has 1 aromatic rings. The van der Waals surface area contributed by atoms with Crippen molar-refractivity contribution in [1.29, 1.82) is 0 Å². The van der Waals surface area contributed by atoms with Gasteiger partial charge in [0.15, 0.2) is 5.13 Å². The van der Waals surface area contributed by atoms with Crippen molar-refractivity contribution in [2.75, 3.05) is 12.4 Å². The van der Waals surface area contributed by atoms with Crippen molar-refractivity contribution in [1.82, 2.24) is 4.98 Å². The molecule has 0 saturated heterocycles. The largest absolute Gasteiger partial charge is 0.365 e. The highest BCUT2D eigenvalue weighted by molar-refractivity contribution is 7.15. The number of nitrogens with one attached hydrogen (secondary N) is 1. The van der Waals surface area contributed by atoms with Crippen LogP contribution in [0.4, 0.5) is 5.13 Å². The predicted octanol–water partition coefficient (Wildman–Crippen LogP) is 2.37. The van der Waals surface area contributed by atoms with E-state index in [2.05, 4.69) is 17.2 Å². The van der Waals surface area contributed by atoms with Gasteiger partial charge in [0.25, 0.3) is 0 Å². The molecule has 0 aliphatic heterocycles. The first-order valence-electron chi connectivity index (χ1n) is 3.96. The highest BCUT2D eigenvalue weighted by Crippen LogP contribution is 2.43. The van der Waals surface area contributed by atoms with Crippen LogP contribution >= 0.6 is 11.3 Å². The maximum absolute atomic E-state index is 4.50. The Balaban J connectivity index is 2.30. The molecule has 1 aliphatic carbocycles. The lowest BCUT2D eigenvalue weighted by molar-refractivity contribution is 1.03. The fourth-order valence-electron chi connectivity index (χ4n) is 1.25. The minimum absolute atomic E-state index is 0.786. The molecule has 0 radical (unpaired) electrons. The van der Waals surface area contributed by atoms with Gasteiger partial charge >= 0.3 is 0 Å². The summed E-state index contributed by atoms with van der Waals surface area (Å²) in [5.74, 6) is 0.786. The minimum atomic E-state index is 0.786. The number of nitrogens with zero attached hydrogens (tertiary/aromatic N) is 1. The van der Waals surface area contributed by atoms with Crippen LogP contribution in [0.1, 0.15) is 29.3 Å². The predicted molar refractivity (Wildman–Crippen MR) is 48.4 cm³/mol. The minimum Gasteiger partial charge on any atom is -0.365 e. The quantitative estimate of drug-likeness (QED) is 0.733. The van der Waals surface area contributed by atoms with Gasteiger partial charge in [-0.1, -0.05) is 0 Å². The third kappa shape index (κ3) is 1.25. The molecule has 0 aromatic carbocycles. The SMILES string of the molecule is CNc1nc(C2CC2)c(C)s1. The van der Waals surface area contributed by atoms with Crippen molar-refractivity contribution < 1.29 is 0 Å². The Bertz CT molecular complexity index is 263. The van der Waals surface area contributed by atoms with E-state index in [9.17, 15) is 0 Å². The van der Waals surface area contributed by atoms with Gasteiger partial charge in [-0.2, -0.15) is 0 Å². The molecule has 0 spiro atoms. The molecule has 60 valence electrons.